The van der Waals surface area contributed by atoms with Gasteiger partial charge in [0.1, 0.15) is 17.9 Å². The molecule has 0 radical (unpaired) electrons. The second-order valence-corrected chi connectivity index (χ2v) is 7.38. The molecule has 0 spiro atoms. The summed E-state index contributed by atoms with van der Waals surface area (Å²) in [6.07, 6.45) is 0.413. The third kappa shape index (κ3) is 4.33. The van der Waals surface area contributed by atoms with Crippen LogP contribution in [0.15, 0.2) is 12.1 Å². The summed E-state index contributed by atoms with van der Waals surface area (Å²) in [5, 5.41) is 3.11. The first kappa shape index (κ1) is 19.4. The molecular formula is C18H21ClN2O6. The normalized spacial score (nSPS) is 18.0. The van der Waals surface area contributed by atoms with E-state index in [9.17, 15) is 14.4 Å². The summed E-state index contributed by atoms with van der Waals surface area (Å²) >= 11 is 6.08. The molecule has 0 atom stereocenters. The molecule has 1 aromatic rings. The molecule has 1 aromatic carbocycles. The minimum absolute atomic E-state index is 0.0257. The van der Waals surface area contributed by atoms with Crippen molar-refractivity contribution in [2.75, 3.05) is 13.3 Å². The molecule has 0 aromatic heterocycles. The average Bonchev–Trinajstić information content (AvgIpc) is 2.81. The first-order valence-corrected chi connectivity index (χ1v) is 8.97. The van der Waals surface area contributed by atoms with Gasteiger partial charge in [0.2, 0.25) is 0 Å². The van der Waals surface area contributed by atoms with Gasteiger partial charge in [-0.1, -0.05) is 11.6 Å². The van der Waals surface area contributed by atoms with Crippen LogP contribution >= 0.6 is 11.6 Å². The minimum atomic E-state index is -0.910. The predicted molar refractivity (Wildman–Crippen MR) is 95.1 cm³/mol. The van der Waals surface area contributed by atoms with Crippen molar-refractivity contribution in [3.8, 4) is 5.75 Å². The molecule has 27 heavy (non-hydrogen) atoms. The summed E-state index contributed by atoms with van der Waals surface area (Å²) in [7, 11) is 0. The number of urea groups is 1. The van der Waals surface area contributed by atoms with Gasteiger partial charge in [0.15, 0.2) is 6.79 Å². The molecule has 146 valence electrons. The first-order chi connectivity index (χ1) is 12.8. The molecule has 1 saturated heterocycles. The lowest BCUT2D eigenvalue weighted by molar-refractivity contribution is -0.145. The van der Waals surface area contributed by atoms with Gasteiger partial charge < -0.3 is 19.5 Å². The van der Waals surface area contributed by atoms with E-state index in [4.69, 9.17) is 25.8 Å². The van der Waals surface area contributed by atoms with E-state index in [2.05, 4.69) is 5.32 Å². The number of esters is 1. The molecule has 2 aliphatic rings. The molecule has 8 nitrogen and oxygen atoms in total. The summed E-state index contributed by atoms with van der Waals surface area (Å²) in [6, 6.07) is 3.00. The standard InChI is InChI=1S/C18H21ClN2O6/c1-18(2)16(23)21(17(24)20-18)5-3-4-14(22)26-9-12-7-13(19)6-11-8-25-10-27-15(11)12/h6-7H,3-5,8-10H2,1-2H3,(H,20,24). The van der Waals surface area contributed by atoms with Gasteiger partial charge in [0.25, 0.3) is 5.91 Å². The van der Waals surface area contributed by atoms with Crippen molar-refractivity contribution in [2.45, 2.75) is 45.4 Å². The highest BCUT2D eigenvalue weighted by molar-refractivity contribution is 6.30. The lowest BCUT2D eigenvalue weighted by Gasteiger charge is -2.21. The maximum absolute atomic E-state index is 12.1. The fourth-order valence-electron chi connectivity index (χ4n) is 3.00. The van der Waals surface area contributed by atoms with Crippen molar-refractivity contribution in [3.05, 3.63) is 28.3 Å². The average molecular weight is 397 g/mol. The summed E-state index contributed by atoms with van der Waals surface area (Å²) < 4.78 is 16.0. The summed E-state index contributed by atoms with van der Waals surface area (Å²) in [5.41, 5.74) is 0.568. The monoisotopic (exact) mass is 396 g/mol. The smallest absolute Gasteiger partial charge is 0.325 e. The fraction of sp³-hybridized carbons (Fsp3) is 0.500. The van der Waals surface area contributed by atoms with Crippen molar-refractivity contribution >= 4 is 29.5 Å². The number of fused-ring (bicyclic) bond motifs is 1. The highest BCUT2D eigenvalue weighted by Gasteiger charge is 2.43. The number of nitrogens with one attached hydrogen (secondary N) is 1. The third-order valence-electron chi connectivity index (χ3n) is 4.35. The second-order valence-electron chi connectivity index (χ2n) is 6.94. The molecule has 0 aliphatic carbocycles. The van der Waals surface area contributed by atoms with Crippen LogP contribution in [0, 0.1) is 0 Å². The maximum Gasteiger partial charge on any atom is 0.325 e. The summed E-state index contributed by atoms with van der Waals surface area (Å²) in [4.78, 5) is 37.0. The van der Waals surface area contributed by atoms with Gasteiger partial charge in [0, 0.05) is 29.1 Å². The third-order valence-corrected chi connectivity index (χ3v) is 4.57. The van der Waals surface area contributed by atoms with Crippen molar-refractivity contribution < 1.29 is 28.6 Å². The number of hydrogen-bond acceptors (Lipinski definition) is 6. The van der Waals surface area contributed by atoms with E-state index in [0.717, 1.165) is 10.5 Å². The number of nitrogens with zero attached hydrogens (tertiary/aromatic N) is 1. The van der Waals surface area contributed by atoms with Crippen molar-refractivity contribution in [3.63, 3.8) is 0 Å². The van der Waals surface area contributed by atoms with Gasteiger partial charge in [-0.25, -0.2) is 4.79 Å². The van der Waals surface area contributed by atoms with Crippen molar-refractivity contribution in [2.24, 2.45) is 0 Å². The fourth-order valence-corrected chi connectivity index (χ4v) is 3.26. The minimum Gasteiger partial charge on any atom is -0.467 e. The van der Waals surface area contributed by atoms with Crippen LogP contribution in [0.25, 0.3) is 0 Å². The number of carbonyl (C=O) groups is 3. The van der Waals surface area contributed by atoms with Crippen LogP contribution in [-0.4, -0.2) is 41.7 Å². The van der Waals surface area contributed by atoms with Gasteiger partial charge in [-0.2, -0.15) is 0 Å². The zero-order valence-electron chi connectivity index (χ0n) is 15.2. The molecule has 9 heteroatoms. The molecule has 1 N–H and O–H groups in total. The number of carbonyl (C=O) groups excluding carboxylic acids is 3. The maximum atomic E-state index is 12.1. The SMILES string of the molecule is CC1(C)NC(=O)N(CCCC(=O)OCc2cc(Cl)cc3c2OCOC3)C1=O. The Morgan fingerprint density at radius 2 is 2.15 bits per heavy atom. The quantitative estimate of drug-likeness (QED) is 0.586. The van der Waals surface area contributed by atoms with Crippen LogP contribution in [0.1, 0.15) is 37.8 Å². The molecule has 0 saturated carbocycles. The predicted octanol–water partition coefficient (Wildman–Crippen LogP) is 2.36. The Kier molecular flexibility index (Phi) is 5.57. The van der Waals surface area contributed by atoms with E-state index >= 15 is 0 Å². The lowest BCUT2D eigenvalue weighted by atomic mass is 10.1. The van der Waals surface area contributed by atoms with E-state index in [1.54, 1.807) is 26.0 Å². The molecule has 3 amide bonds. The van der Waals surface area contributed by atoms with E-state index in [1.807, 2.05) is 0 Å². The Bertz CT molecular complexity index is 779. The Morgan fingerprint density at radius 1 is 1.37 bits per heavy atom. The summed E-state index contributed by atoms with van der Waals surface area (Å²) in [6.45, 7) is 3.99. The van der Waals surface area contributed by atoms with E-state index in [0.29, 0.717) is 29.4 Å². The van der Waals surface area contributed by atoms with Crippen molar-refractivity contribution in [1.82, 2.24) is 10.2 Å². The Morgan fingerprint density at radius 3 is 2.85 bits per heavy atom. The first-order valence-electron chi connectivity index (χ1n) is 8.59. The van der Waals surface area contributed by atoms with Gasteiger partial charge in [0.05, 0.1) is 6.61 Å². The molecule has 0 bridgehead atoms. The van der Waals surface area contributed by atoms with Crippen LogP contribution in [0.5, 0.6) is 5.75 Å². The molecule has 2 heterocycles. The van der Waals surface area contributed by atoms with Crippen molar-refractivity contribution in [1.29, 1.82) is 0 Å². The molecule has 2 aliphatic heterocycles. The number of halogens is 1. The number of rotatable bonds is 6. The van der Waals surface area contributed by atoms with E-state index in [1.165, 1.54) is 0 Å². The van der Waals surface area contributed by atoms with Crippen LogP contribution in [0.4, 0.5) is 4.79 Å². The second kappa shape index (κ2) is 7.74. The van der Waals surface area contributed by atoms with Crippen LogP contribution < -0.4 is 10.1 Å². The number of imide groups is 1. The number of hydrogen-bond donors (Lipinski definition) is 1. The van der Waals surface area contributed by atoms with Gasteiger partial charge in [-0.3, -0.25) is 14.5 Å². The van der Waals surface area contributed by atoms with Gasteiger partial charge in [-0.05, 0) is 32.4 Å². The Labute approximate surface area is 161 Å². The molecule has 0 unspecified atom stereocenters. The molecular weight excluding hydrogens is 376 g/mol. The molecule has 1 fully saturated rings. The van der Waals surface area contributed by atoms with Crippen LogP contribution in [0.2, 0.25) is 5.02 Å². The Hall–Kier alpha value is -2.32. The summed E-state index contributed by atoms with van der Waals surface area (Å²) in [5.74, 6) is -0.104. The number of amides is 3. The highest BCUT2D eigenvalue weighted by atomic mass is 35.5. The topological polar surface area (TPSA) is 94.2 Å². The highest BCUT2D eigenvalue weighted by Crippen LogP contribution is 2.32. The van der Waals surface area contributed by atoms with Gasteiger partial charge >= 0.3 is 12.0 Å². The van der Waals surface area contributed by atoms with Gasteiger partial charge in [-0.15, -0.1) is 0 Å². The number of ether oxygens (including phenoxy) is 3. The largest absolute Gasteiger partial charge is 0.467 e. The zero-order chi connectivity index (χ0) is 19.6. The Balaban J connectivity index is 1.49. The molecule has 3 rings (SSSR count). The number of benzene rings is 1. The van der Waals surface area contributed by atoms with E-state index < -0.39 is 17.5 Å². The van der Waals surface area contributed by atoms with Crippen LogP contribution in [0.3, 0.4) is 0 Å². The lowest BCUT2D eigenvalue weighted by Crippen LogP contribution is -2.40. The zero-order valence-corrected chi connectivity index (χ0v) is 15.9. The van der Waals surface area contributed by atoms with Crippen LogP contribution in [-0.2, 0) is 32.3 Å². The van der Waals surface area contributed by atoms with E-state index in [-0.39, 0.29) is 32.3 Å².